The van der Waals surface area contributed by atoms with Gasteiger partial charge >= 0.3 is 0 Å². The van der Waals surface area contributed by atoms with Crippen LogP contribution in [0, 0.1) is 0 Å². The molecule has 6 heterocycles. The van der Waals surface area contributed by atoms with Crippen LogP contribution in [0.3, 0.4) is 0 Å². The fourth-order valence-corrected chi connectivity index (χ4v) is 14.2. The number of Topliss-reactive ketones (excluding diaryl/α,β-unsaturated/α-hetero) is 2. The smallest absolute Gasteiger partial charge is 0.173 e. The molecule has 0 aliphatic carbocycles. The molecule has 0 saturated carbocycles. The third-order valence-corrected chi connectivity index (χ3v) is 18.9. The normalized spacial score (nSPS) is 11.6. The van der Waals surface area contributed by atoms with Gasteiger partial charge in [0.25, 0.3) is 0 Å². The maximum Gasteiger partial charge on any atom is 0.173 e. The SMILES string of the molecule is CCCCCCCCCCCCc1ccc(-c2ccc(-c3ccc(C(=O)CCC(=O)c4ccc(-c5ccc(-c6ccc(CCCCCCCCCCCC)s6)s5)s4)s3)s2)s1. The van der Waals surface area contributed by atoms with E-state index in [0.29, 0.717) is 0 Å². The molecule has 6 aromatic rings. The summed E-state index contributed by atoms with van der Waals surface area (Å²) in [6.45, 7) is 4.57. The number of carbonyl (C=O) groups is 2. The largest absolute Gasteiger partial charge is 0.293 e. The van der Waals surface area contributed by atoms with Crippen molar-refractivity contribution in [2.75, 3.05) is 0 Å². The number of unbranched alkanes of at least 4 members (excludes halogenated alkanes) is 18. The van der Waals surface area contributed by atoms with E-state index in [1.165, 1.54) is 180 Å². The molecule has 0 spiro atoms. The zero-order chi connectivity index (χ0) is 41.8. The molecular formula is C52H66O2S6. The standard InChI is InChI=1S/C52H66O2S6/c1-3-5-7-9-11-13-15-17-19-21-23-39-25-29-45(55-39)47-35-37-51(59-47)49-33-31-43(57-49)41(53)27-28-42(54)44-32-34-50(58-44)52-38-36-48(60-52)46-30-26-40(56-46)24-22-20-18-16-14-12-10-8-6-4-2/h25-26,29-38H,3-24,27-28H2,1-2H3. The molecule has 0 amide bonds. The van der Waals surface area contributed by atoms with Crippen molar-refractivity contribution in [3.05, 3.63) is 92.3 Å². The van der Waals surface area contributed by atoms with Crippen LogP contribution < -0.4 is 0 Å². The number of hydrogen-bond acceptors (Lipinski definition) is 8. The summed E-state index contributed by atoms with van der Waals surface area (Å²) in [7, 11) is 0. The van der Waals surface area contributed by atoms with E-state index < -0.39 is 0 Å². The van der Waals surface area contributed by atoms with Gasteiger partial charge in [-0.05, 0) is 98.5 Å². The Kier molecular flexibility index (Phi) is 20.6. The third-order valence-electron chi connectivity index (χ3n) is 11.4. The second-order valence-corrected chi connectivity index (χ2v) is 23.1. The van der Waals surface area contributed by atoms with Crippen LogP contribution in [0.5, 0.6) is 0 Å². The molecule has 0 aliphatic rings. The minimum atomic E-state index is 0.0504. The first-order chi connectivity index (χ1) is 29.5. The maximum absolute atomic E-state index is 13.2. The zero-order valence-electron chi connectivity index (χ0n) is 36.2. The highest BCUT2D eigenvalue weighted by Crippen LogP contribution is 2.42. The third kappa shape index (κ3) is 15.1. The monoisotopic (exact) mass is 914 g/mol. The summed E-state index contributed by atoms with van der Waals surface area (Å²) in [5.74, 6) is 0.101. The lowest BCUT2D eigenvalue weighted by molar-refractivity contribution is 0.0921. The zero-order valence-corrected chi connectivity index (χ0v) is 41.1. The van der Waals surface area contributed by atoms with E-state index >= 15 is 0 Å². The summed E-state index contributed by atoms with van der Waals surface area (Å²) in [6, 6.07) is 26.0. The summed E-state index contributed by atoms with van der Waals surface area (Å²) < 4.78 is 0. The molecule has 6 aromatic heterocycles. The molecule has 6 rings (SSSR count). The number of rotatable bonds is 31. The van der Waals surface area contributed by atoms with Crippen LogP contribution in [0.2, 0.25) is 0 Å². The fourth-order valence-electron chi connectivity index (χ4n) is 7.78. The van der Waals surface area contributed by atoms with Gasteiger partial charge in [-0.2, -0.15) is 0 Å². The van der Waals surface area contributed by atoms with Gasteiger partial charge in [-0.1, -0.05) is 129 Å². The maximum atomic E-state index is 13.2. The molecule has 0 atom stereocenters. The van der Waals surface area contributed by atoms with Gasteiger partial charge in [0.15, 0.2) is 11.6 Å². The van der Waals surface area contributed by atoms with Crippen LogP contribution in [-0.4, -0.2) is 11.6 Å². The Morgan fingerprint density at radius 1 is 0.317 bits per heavy atom. The van der Waals surface area contributed by atoms with E-state index in [-0.39, 0.29) is 24.4 Å². The van der Waals surface area contributed by atoms with Crippen LogP contribution in [0.25, 0.3) is 39.0 Å². The predicted octanol–water partition coefficient (Wildman–Crippen LogP) is 19.5. The molecule has 0 radical (unpaired) electrons. The van der Waals surface area contributed by atoms with Crippen molar-refractivity contribution in [1.82, 2.24) is 0 Å². The summed E-state index contributed by atoms with van der Waals surface area (Å²) in [5.41, 5.74) is 0. The Morgan fingerprint density at radius 3 is 0.933 bits per heavy atom. The molecule has 0 saturated heterocycles. The van der Waals surface area contributed by atoms with Gasteiger partial charge in [-0.15, -0.1) is 68.0 Å². The summed E-state index contributed by atoms with van der Waals surface area (Å²) >= 11 is 10.6. The molecule has 0 aliphatic heterocycles. The van der Waals surface area contributed by atoms with Crippen molar-refractivity contribution in [3.8, 4) is 39.0 Å². The number of aryl methyl sites for hydroxylation is 2. The van der Waals surface area contributed by atoms with E-state index in [2.05, 4.69) is 74.5 Å². The lowest BCUT2D eigenvalue weighted by atomic mass is 10.1. The molecule has 0 aromatic carbocycles. The van der Waals surface area contributed by atoms with Gasteiger partial charge in [0.1, 0.15) is 0 Å². The molecule has 322 valence electrons. The Bertz CT molecular complexity index is 1980. The average Bonchev–Trinajstić information content (AvgIpc) is 4.11. The van der Waals surface area contributed by atoms with Crippen molar-refractivity contribution in [2.45, 2.75) is 168 Å². The van der Waals surface area contributed by atoms with E-state index in [9.17, 15) is 9.59 Å². The van der Waals surface area contributed by atoms with Crippen molar-refractivity contribution in [2.24, 2.45) is 0 Å². The molecule has 60 heavy (non-hydrogen) atoms. The molecule has 0 N–H and O–H groups in total. The van der Waals surface area contributed by atoms with E-state index in [0.717, 1.165) is 19.5 Å². The van der Waals surface area contributed by atoms with Gasteiger partial charge in [-0.3, -0.25) is 9.59 Å². The van der Waals surface area contributed by atoms with Crippen LogP contribution in [0.1, 0.15) is 184 Å². The van der Waals surface area contributed by atoms with Gasteiger partial charge in [0, 0.05) is 61.6 Å². The Labute approximate surface area is 385 Å². The highest BCUT2D eigenvalue weighted by Gasteiger charge is 2.18. The van der Waals surface area contributed by atoms with Crippen molar-refractivity contribution < 1.29 is 9.59 Å². The first-order valence-corrected chi connectivity index (χ1v) is 28.0. The molecule has 0 fully saturated rings. The average molecular weight is 915 g/mol. The Morgan fingerprint density at radius 2 is 0.583 bits per heavy atom. The number of carbonyl (C=O) groups excluding carboxylic acids is 2. The predicted molar refractivity (Wildman–Crippen MR) is 271 cm³/mol. The van der Waals surface area contributed by atoms with E-state index in [4.69, 9.17) is 0 Å². The first kappa shape index (κ1) is 47.0. The summed E-state index contributed by atoms with van der Waals surface area (Å²) in [4.78, 5) is 40.8. The summed E-state index contributed by atoms with van der Waals surface area (Å²) in [6.07, 6.45) is 30.3. The van der Waals surface area contributed by atoms with Crippen LogP contribution in [-0.2, 0) is 12.8 Å². The van der Waals surface area contributed by atoms with Gasteiger partial charge in [0.2, 0.25) is 0 Å². The van der Waals surface area contributed by atoms with Crippen LogP contribution in [0.15, 0.2) is 72.8 Å². The summed E-state index contributed by atoms with van der Waals surface area (Å²) in [5, 5.41) is 0. The molecule has 0 unspecified atom stereocenters. The number of ketones is 2. The highest BCUT2D eigenvalue weighted by atomic mass is 32.1. The lowest BCUT2D eigenvalue weighted by Gasteiger charge is -2.02. The molecular weight excluding hydrogens is 849 g/mol. The molecule has 0 bridgehead atoms. The van der Waals surface area contributed by atoms with Crippen LogP contribution in [0.4, 0.5) is 0 Å². The second-order valence-electron chi connectivity index (χ2n) is 16.4. The Hall–Kier alpha value is -2.46. The second kappa shape index (κ2) is 26.2. The van der Waals surface area contributed by atoms with Crippen molar-refractivity contribution >= 4 is 79.6 Å². The van der Waals surface area contributed by atoms with Gasteiger partial charge in [0.05, 0.1) is 9.75 Å². The minimum absolute atomic E-state index is 0.0504. The number of hydrogen-bond donors (Lipinski definition) is 0. The van der Waals surface area contributed by atoms with E-state index in [1.54, 1.807) is 45.3 Å². The topological polar surface area (TPSA) is 34.1 Å². The van der Waals surface area contributed by atoms with Crippen molar-refractivity contribution in [1.29, 1.82) is 0 Å². The Balaban J connectivity index is 0.893. The highest BCUT2D eigenvalue weighted by molar-refractivity contribution is 7.27. The van der Waals surface area contributed by atoms with Crippen molar-refractivity contribution in [3.63, 3.8) is 0 Å². The lowest BCUT2D eigenvalue weighted by Crippen LogP contribution is -2.02. The molecule has 2 nitrogen and oxygen atoms in total. The molecule has 8 heteroatoms. The van der Waals surface area contributed by atoms with Gasteiger partial charge in [-0.25, -0.2) is 0 Å². The minimum Gasteiger partial charge on any atom is -0.293 e. The first-order valence-electron chi connectivity index (χ1n) is 23.2. The van der Waals surface area contributed by atoms with Crippen LogP contribution >= 0.6 is 68.0 Å². The fraction of sp³-hybridized carbons (Fsp3) is 0.500. The van der Waals surface area contributed by atoms with E-state index in [1.807, 2.05) is 34.8 Å². The quantitative estimate of drug-likeness (QED) is 0.0322. The van der Waals surface area contributed by atoms with Gasteiger partial charge < -0.3 is 0 Å². The number of thiophene rings is 6.